The van der Waals surface area contributed by atoms with Gasteiger partial charge in [-0.1, -0.05) is 57.2 Å². The van der Waals surface area contributed by atoms with Crippen molar-refractivity contribution in [1.29, 1.82) is 0 Å². The molecule has 156 valence electrons. The van der Waals surface area contributed by atoms with E-state index in [0.717, 1.165) is 18.9 Å². The van der Waals surface area contributed by atoms with Crippen molar-refractivity contribution in [3.05, 3.63) is 89.1 Å². The third-order valence-electron chi connectivity index (χ3n) is 5.73. The van der Waals surface area contributed by atoms with Crippen LogP contribution in [-0.4, -0.2) is 20.5 Å². The number of carbonyl (C=O) groups excluding carboxylic acids is 1. The number of imidazole rings is 1. The highest BCUT2D eigenvalue weighted by molar-refractivity contribution is 6.03. The van der Waals surface area contributed by atoms with Gasteiger partial charge in [-0.25, -0.2) is 9.50 Å². The molecular weight excluding hydrogens is 386 g/mol. The number of hydrogen-bond acceptors (Lipinski definition) is 4. The average Bonchev–Trinajstić information content (AvgIpc) is 3.36. The number of aromatic nitrogens is 3. The fourth-order valence-electron chi connectivity index (χ4n) is 3.91. The van der Waals surface area contributed by atoms with E-state index in [9.17, 15) is 4.79 Å². The van der Waals surface area contributed by atoms with Gasteiger partial charge in [-0.15, -0.1) is 5.10 Å². The molecular formula is C25H25N5O. The van der Waals surface area contributed by atoms with Gasteiger partial charge in [0, 0.05) is 18.7 Å². The number of anilines is 2. The highest BCUT2D eigenvalue weighted by Crippen LogP contribution is 2.27. The van der Waals surface area contributed by atoms with Gasteiger partial charge in [0.15, 0.2) is 11.5 Å². The van der Waals surface area contributed by atoms with E-state index >= 15 is 0 Å². The first-order valence-electron chi connectivity index (χ1n) is 10.5. The molecule has 0 atom stereocenters. The van der Waals surface area contributed by atoms with E-state index in [1.165, 1.54) is 16.7 Å². The molecule has 1 amide bonds. The van der Waals surface area contributed by atoms with Gasteiger partial charge in [0.2, 0.25) is 0 Å². The standard InChI is InChI=1S/C25H25N5O/c1-25(2,3)20-10-8-17(9-11-20)24(31)27-21-16-30-22(26-21)12-13-23(28-30)29-14-18-6-4-5-7-19(18)15-29/h4-13,16H,14-15H2,1-3H3,(H,27,31). The van der Waals surface area contributed by atoms with Crippen LogP contribution in [0, 0.1) is 0 Å². The van der Waals surface area contributed by atoms with Crippen molar-refractivity contribution >= 4 is 23.2 Å². The molecule has 0 bridgehead atoms. The summed E-state index contributed by atoms with van der Waals surface area (Å²) in [7, 11) is 0. The molecule has 31 heavy (non-hydrogen) atoms. The first kappa shape index (κ1) is 19.3. The highest BCUT2D eigenvalue weighted by Gasteiger charge is 2.20. The molecule has 6 heteroatoms. The van der Waals surface area contributed by atoms with Crippen LogP contribution in [-0.2, 0) is 18.5 Å². The molecule has 0 radical (unpaired) electrons. The fourth-order valence-corrected chi connectivity index (χ4v) is 3.91. The monoisotopic (exact) mass is 411 g/mol. The zero-order valence-electron chi connectivity index (χ0n) is 18.0. The summed E-state index contributed by atoms with van der Waals surface area (Å²) in [5.41, 5.74) is 5.21. The van der Waals surface area contributed by atoms with Gasteiger partial charge in [-0.3, -0.25) is 4.79 Å². The molecule has 1 N–H and O–H groups in total. The van der Waals surface area contributed by atoms with Crippen LogP contribution < -0.4 is 10.2 Å². The van der Waals surface area contributed by atoms with E-state index in [1.54, 1.807) is 10.7 Å². The Morgan fingerprint density at radius 2 is 1.61 bits per heavy atom. The van der Waals surface area contributed by atoms with Crippen molar-refractivity contribution in [2.24, 2.45) is 0 Å². The number of amides is 1. The lowest BCUT2D eigenvalue weighted by molar-refractivity contribution is 0.102. The summed E-state index contributed by atoms with van der Waals surface area (Å²) in [6.45, 7) is 8.15. The largest absolute Gasteiger partial charge is 0.347 e. The molecule has 0 saturated carbocycles. The molecule has 0 fully saturated rings. The molecule has 1 aliphatic rings. The number of nitrogens with zero attached hydrogens (tertiary/aromatic N) is 4. The van der Waals surface area contributed by atoms with Crippen LogP contribution in [0.25, 0.3) is 5.65 Å². The smallest absolute Gasteiger partial charge is 0.256 e. The Hall–Kier alpha value is -3.67. The predicted molar refractivity (Wildman–Crippen MR) is 122 cm³/mol. The Morgan fingerprint density at radius 1 is 0.935 bits per heavy atom. The minimum atomic E-state index is -0.181. The summed E-state index contributed by atoms with van der Waals surface area (Å²) in [6.07, 6.45) is 1.75. The molecule has 6 nitrogen and oxygen atoms in total. The van der Waals surface area contributed by atoms with Gasteiger partial charge in [-0.05, 0) is 46.4 Å². The number of benzene rings is 2. The van der Waals surface area contributed by atoms with Crippen LogP contribution in [0.4, 0.5) is 11.6 Å². The van der Waals surface area contributed by atoms with Crippen LogP contribution >= 0.6 is 0 Å². The molecule has 0 aliphatic carbocycles. The van der Waals surface area contributed by atoms with Crippen molar-refractivity contribution in [2.75, 3.05) is 10.2 Å². The summed E-state index contributed by atoms with van der Waals surface area (Å²) >= 11 is 0. The van der Waals surface area contributed by atoms with Gasteiger partial charge < -0.3 is 10.2 Å². The maximum absolute atomic E-state index is 12.7. The highest BCUT2D eigenvalue weighted by atomic mass is 16.1. The van der Waals surface area contributed by atoms with E-state index < -0.39 is 0 Å². The SMILES string of the molecule is CC(C)(C)c1ccc(C(=O)Nc2cn3nc(N4Cc5ccccc5C4)ccc3n2)cc1. The zero-order valence-corrected chi connectivity index (χ0v) is 18.0. The third-order valence-corrected chi connectivity index (χ3v) is 5.73. The van der Waals surface area contributed by atoms with Gasteiger partial charge in [0.05, 0.1) is 6.20 Å². The van der Waals surface area contributed by atoms with E-state index in [-0.39, 0.29) is 11.3 Å². The lowest BCUT2D eigenvalue weighted by atomic mass is 9.87. The molecule has 0 unspecified atom stereocenters. The fraction of sp³-hybridized carbons (Fsp3) is 0.240. The molecule has 5 rings (SSSR count). The Bertz CT molecular complexity index is 1240. The number of fused-ring (bicyclic) bond motifs is 2. The number of rotatable bonds is 3. The first-order valence-corrected chi connectivity index (χ1v) is 10.5. The minimum Gasteiger partial charge on any atom is -0.347 e. The van der Waals surface area contributed by atoms with E-state index in [1.807, 2.05) is 36.4 Å². The molecule has 1 aliphatic heterocycles. The summed E-state index contributed by atoms with van der Waals surface area (Å²) in [5.74, 6) is 1.19. The first-order chi connectivity index (χ1) is 14.9. The van der Waals surface area contributed by atoms with Crippen molar-refractivity contribution in [3.63, 3.8) is 0 Å². The van der Waals surface area contributed by atoms with E-state index in [4.69, 9.17) is 5.10 Å². The van der Waals surface area contributed by atoms with Crippen molar-refractivity contribution < 1.29 is 4.79 Å². The molecule has 2 aromatic carbocycles. The number of carbonyl (C=O) groups is 1. The van der Waals surface area contributed by atoms with E-state index in [0.29, 0.717) is 17.0 Å². The normalized spacial score (nSPS) is 13.5. The van der Waals surface area contributed by atoms with Gasteiger partial charge in [0.25, 0.3) is 5.91 Å². The lowest BCUT2D eigenvalue weighted by Crippen LogP contribution is -2.16. The second-order valence-corrected chi connectivity index (χ2v) is 9.03. The lowest BCUT2D eigenvalue weighted by Gasteiger charge is -2.18. The Kier molecular flexibility index (Phi) is 4.50. The van der Waals surface area contributed by atoms with Gasteiger partial charge in [0.1, 0.15) is 5.82 Å². The Labute approximate surface area is 181 Å². The number of hydrogen-bond donors (Lipinski definition) is 1. The Balaban J connectivity index is 1.33. The maximum atomic E-state index is 12.7. The van der Waals surface area contributed by atoms with Crippen LogP contribution in [0.2, 0.25) is 0 Å². The average molecular weight is 412 g/mol. The van der Waals surface area contributed by atoms with Crippen LogP contribution in [0.3, 0.4) is 0 Å². The van der Waals surface area contributed by atoms with Crippen LogP contribution in [0.5, 0.6) is 0 Å². The molecule has 3 heterocycles. The second kappa shape index (κ2) is 7.23. The minimum absolute atomic E-state index is 0.0523. The van der Waals surface area contributed by atoms with Crippen molar-refractivity contribution in [1.82, 2.24) is 14.6 Å². The molecule has 2 aromatic heterocycles. The van der Waals surface area contributed by atoms with Gasteiger partial charge in [-0.2, -0.15) is 0 Å². The zero-order chi connectivity index (χ0) is 21.6. The topological polar surface area (TPSA) is 62.5 Å². The Morgan fingerprint density at radius 3 is 2.26 bits per heavy atom. The summed E-state index contributed by atoms with van der Waals surface area (Å²) < 4.78 is 1.72. The molecule has 0 saturated heterocycles. The number of nitrogens with one attached hydrogen (secondary N) is 1. The molecule has 0 spiro atoms. The predicted octanol–water partition coefficient (Wildman–Crippen LogP) is 4.80. The van der Waals surface area contributed by atoms with E-state index in [2.05, 4.69) is 60.2 Å². The molecule has 4 aromatic rings. The van der Waals surface area contributed by atoms with Crippen molar-refractivity contribution in [2.45, 2.75) is 39.3 Å². The van der Waals surface area contributed by atoms with Crippen LogP contribution in [0.1, 0.15) is 47.8 Å². The summed E-state index contributed by atoms with van der Waals surface area (Å²) in [4.78, 5) is 19.4. The third kappa shape index (κ3) is 3.77. The van der Waals surface area contributed by atoms with Crippen molar-refractivity contribution in [3.8, 4) is 0 Å². The van der Waals surface area contributed by atoms with Crippen LogP contribution in [0.15, 0.2) is 66.9 Å². The maximum Gasteiger partial charge on any atom is 0.256 e. The summed E-state index contributed by atoms with van der Waals surface area (Å²) in [5, 5.41) is 7.59. The van der Waals surface area contributed by atoms with Gasteiger partial charge >= 0.3 is 0 Å². The second-order valence-electron chi connectivity index (χ2n) is 9.03. The summed E-state index contributed by atoms with van der Waals surface area (Å²) in [6, 6.07) is 20.1. The quantitative estimate of drug-likeness (QED) is 0.526.